The Balaban J connectivity index is 1.76. The molecule has 0 bridgehead atoms. The zero-order chi connectivity index (χ0) is 14.7. The first kappa shape index (κ1) is 13.9. The Bertz CT molecular complexity index is 648. The van der Waals surface area contributed by atoms with Crippen molar-refractivity contribution < 1.29 is 14.6 Å². The molecule has 110 valence electrons. The molecule has 1 aliphatic carbocycles. The van der Waals surface area contributed by atoms with E-state index in [1.165, 1.54) is 32.1 Å². The summed E-state index contributed by atoms with van der Waals surface area (Å²) in [4.78, 5) is 15.6. The van der Waals surface area contributed by atoms with Crippen LogP contribution in [0.2, 0.25) is 0 Å². The predicted molar refractivity (Wildman–Crippen MR) is 80.8 cm³/mol. The molecule has 0 spiro atoms. The molecule has 1 saturated carbocycles. The molecule has 0 amide bonds. The summed E-state index contributed by atoms with van der Waals surface area (Å²) in [6.07, 6.45) is 6.39. The third-order valence-electron chi connectivity index (χ3n) is 4.13. The van der Waals surface area contributed by atoms with Crippen molar-refractivity contribution in [3.63, 3.8) is 0 Å². The number of hydrogen-bond donors (Lipinski definition) is 1. The Kier molecular flexibility index (Phi) is 4.04. The minimum Gasteiger partial charge on any atom is -0.478 e. The normalized spacial score (nSPS) is 16.0. The SMILES string of the molecule is O=C(O)c1cccc2nc(OCC3CCCCC3)ccc12. The first-order chi connectivity index (χ1) is 10.2. The maximum Gasteiger partial charge on any atom is 0.336 e. The summed E-state index contributed by atoms with van der Waals surface area (Å²) in [6.45, 7) is 0.705. The summed E-state index contributed by atoms with van der Waals surface area (Å²) in [5, 5.41) is 9.81. The first-order valence-corrected chi connectivity index (χ1v) is 7.50. The van der Waals surface area contributed by atoms with Crippen molar-refractivity contribution in [1.29, 1.82) is 0 Å². The van der Waals surface area contributed by atoms with Gasteiger partial charge >= 0.3 is 5.97 Å². The Hall–Kier alpha value is -2.10. The molecule has 0 aliphatic heterocycles. The van der Waals surface area contributed by atoms with Crippen LogP contribution in [-0.4, -0.2) is 22.7 Å². The number of carboxylic acid groups (broad SMARTS) is 1. The second-order valence-corrected chi connectivity index (χ2v) is 5.64. The maximum atomic E-state index is 11.2. The minimum absolute atomic E-state index is 0.277. The first-order valence-electron chi connectivity index (χ1n) is 7.50. The standard InChI is InChI=1S/C17H19NO3/c19-17(20)14-7-4-8-15-13(14)9-10-16(18-15)21-11-12-5-2-1-3-6-12/h4,7-10,12H,1-3,5-6,11H2,(H,19,20). The van der Waals surface area contributed by atoms with E-state index in [-0.39, 0.29) is 5.56 Å². The summed E-state index contributed by atoms with van der Waals surface area (Å²) in [7, 11) is 0. The van der Waals surface area contributed by atoms with Crippen LogP contribution < -0.4 is 4.74 Å². The van der Waals surface area contributed by atoms with E-state index in [9.17, 15) is 4.79 Å². The van der Waals surface area contributed by atoms with Crippen LogP contribution in [0.25, 0.3) is 10.9 Å². The molecule has 0 unspecified atom stereocenters. The number of benzene rings is 1. The van der Waals surface area contributed by atoms with Gasteiger partial charge in [0.15, 0.2) is 0 Å². The van der Waals surface area contributed by atoms with E-state index >= 15 is 0 Å². The highest BCUT2D eigenvalue weighted by Gasteiger charge is 2.15. The van der Waals surface area contributed by atoms with Crippen LogP contribution in [0.4, 0.5) is 0 Å². The van der Waals surface area contributed by atoms with Crippen LogP contribution in [0, 0.1) is 5.92 Å². The maximum absolute atomic E-state index is 11.2. The van der Waals surface area contributed by atoms with Gasteiger partial charge in [0.2, 0.25) is 5.88 Å². The van der Waals surface area contributed by atoms with Gasteiger partial charge in [0.25, 0.3) is 0 Å². The van der Waals surface area contributed by atoms with Gasteiger partial charge < -0.3 is 9.84 Å². The molecule has 21 heavy (non-hydrogen) atoms. The number of hydrogen-bond acceptors (Lipinski definition) is 3. The highest BCUT2D eigenvalue weighted by atomic mass is 16.5. The van der Waals surface area contributed by atoms with Gasteiger partial charge in [-0.15, -0.1) is 0 Å². The average Bonchev–Trinajstić information content (AvgIpc) is 2.53. The Morgan fingerprint density at radius 1 is 1.19 bits per heavy atom. The molecule has 0 saturated heterocycles. The van der Waals surface area contributed by atoms with Crippen LogP contribution in [0.1, 0.15) is 42.5 Å². The van der Waals surface area contributed by atoms with Gasteiger partial charge in [0, 0.05) is 11.5 Å². The molecule has 1 N–H and O–H groups in total. The molecule has 2 aromatic rings. The fourth-order valence-corrected chi connectivity index (χ4v) is 2.96. The molecule has 1 fully saturated rings. The number of pyridine rings is 1. The number of aromatic carboxylic acids is 1. The van der Waals surface area contributed by atoms with E-state index in [2.05, 4.69) is 4.98 Å². The van der Waals surface area contributed by atoms with Crippen LogP contribution in [-0.2, 0) is 0 Å². The van der Waals surface area contributed by atoms with E-state index in [1.807, 2.05) is 6.07 Å². The molecule has 4 heteroatoms. The molecule has 1 aromatic carbocycles. The number of fused-ring (bicyclic) bond motifs is 1. The summed E-state index contributed by atoms with van der Waals surface area (Å²) in [5.41, 5.74) is 0.940. The van der Waals surface area contributed by atoms with Gasteiger partial charge in [-0.2, -0.15) is 0 Å². The molecule has 4 nitrogen and oxygen atoms in total. The van der Waals surface area contributed by atoms with Crippen LogP contribution in [0.15, 0.2) is 30.3 Å². The molecule has 3 rings (SSSR count). The third-order valence-corrected chi connectivity index (χ3v) is 4.13. The summed E-state index contributed by atoms with van der Waals surface area (Å²) < 4.78 is 5.80. The summed E-state index contributed by atoms with van der Waals surface area (Å²) >= 11 is 0. The van der Waals surface area contributed by atoms with Crippen LogP contribution in [0.5, 0.6) is 5.88 Å². The molecule has 0 atom stereocenters. The topological polar surface area (TPSA) is 59.4 Å². The van der Waals surface area contributed by atoms with Crippen molar-refractivity contribution in [3.8, 4) is 5.88 Å². The lowest BCUT2D eigenvalue weighted by molar-refractivity contribution is 0.0699. The van der Waals surface area contributed by atoms with Gasteiger partial charge in [-0.25, -0.2) is 9.78 Å². The zero-order valence-electron chi connectivity index (χ0n) is 11.9. The Labute approximate surface area is 123 Å². The van der Waals surface area contributed by atoms with Crippen LogP contribution >= 0.6 is 0 Å². The van der Waals surface area contributed by atoms with Crippen molar-refractivity contribution in [2.75, 3.05) is 6.61 Å². The second-order valence-electron chi connectivity index (χ2n) is 5.64. The van der Waals surface area contributed by atoms with Gasteiger partial charge in [0.1, 0.15) is 0 Å². The third kappa shape index (κ3) is 3.15. The molecule has 1 aliphatic rings. The second kappa shape index (κ2) is 6.12. The monoisotopic (exact) mass is 285 g/mol. The lowest BCUT2D eigenvalue weighted by Gasteiger charge is -2.21. The van der Waals surface area contributed by atoms with Crippen molar-refractivity contribution >= 4 is 16.9 Å². The number of nitrogens with zero attached hydrogens (tertiary/aromatic N) is 1. The zero-order valence-corrected chi connectivity index (χ0v) is 11.9. The minimum atomic E-state index is -0.932. The highest BCUT2D eigenvalue weighted by molar-refractivity contribution is 6.02. The Morgan fingerprint density at radius 2 is 2.00 bits per heavy atom. The van der Waals surface area contributed by atoms with E-state index in [1.54, 1.807) is 24.3 Å². The quantitative estimate of drug-likeness (QED) is 0.925. The molecular weight excluding hydrogens is 266 g/mol. The van der Waals surface area contributed by atoms with Gasteiger partial charge in [-0.1, -0.05) is 25.3 Å². The average molecular weight is 285 g/mol. The smallest absolute Gasteiger partial charge is 0.336 e. The van der Waals surface area contributed by atoms with E-state index in [0.717, 1.165) is 0 Å². The molecule has 1 heterocycles. The van der Waals surface area contributed by atoms with Crippen molar-refractivity contribution in [1.82, 2.24) is 4.98 Å². The molecule has 1 aromatic heterocycles. The van der Waals surface area contributed by atoms with Crippen molar-refractivity contribution in [2.45, 2.75) is 32.1 Å². The number of carbonyl (C=O) groups is 1. The van der Waals surface area contributed by atoms with Gasteiger partial charge in [-0.05, 0) is 37.0 Å². The molecular formula is C17H19NO3. The number of ether oxygens (including phenoxy) is 1. The fraction of sp³-hybridized carbons (Fsp3) is 0.412. The number of carboxylic acids is 1. The van der Waals surface area contributed by atoms with E-state index in [4.69, 9.17) is 9.84 Å². The van der Waals surface area contributed by atoms with Crippen molar-refractivity contribution in [2.24, 2.45) is 5.92 Å². The lowest BCUT2D eigenvalue weighted by Crippen LogP contribution is -2.15. The molecule has 0 radical (unpaired) electrons. The highest BCUT2D eigenvalue weighted by Crippen LogP contribution is 2.25. The van der Waals surface area contributed by atoms with Crippen LogP contribution in [0.3, 0.4) is 0 Å². The summed E-state index contributed by atoms with van der Waals surface area (Å²) in [5.74, 6) is 0.274. The fourth-order valence-electron chi connectivity index (χ4n) is 2.96. The van der Waals surface area contributed by atoms with E-state index < -0.39 is 5.97 Å². The van der Waals surface area contributed by atoms with Gasteiger partial charge in [-0.3, -0.25) is 0 Å². The number of rotatable bonds is 4. The number of aromatic nitrogens is 1. The summed E-state index contributed by atoms with van der Waals surface area (Å²) in [6, 6.07) is 8.66. The van der Waals surface area contributed by atoms with Gasteiger partial charge in [0.05, 0.1) is 17.7 Å². The predicted octanol–water partition coefficient (Wildman–Crippen LogP) is 3.89. The van der Waals surface area contributed by atoms with Crippen molar-refractivity contribution in [3.05, 3.63) is 35.9 Å². The largest absolute Gasteiger partial charge is 0.478 e. The van der Waals surface area contributed by atoms with E-state index in [0.29, 0.717) is 29.3 Å². The Morgan fingerprint density at radius 3 is 2.76 bits per heavy atom. The lowest BCUT2D eigenvalue weighted by atomic mass is 9.90.